The Morgan fingerprint density at radius 2 is 1.80 bits per heavy atom. The lowest BCUT2D eigenvalue weighted by Crippen LogP contribution is -2.55. The number of carbonyl (C=O) groups is 3. The maximum atomic E-state index is 14.1. The highest BCUT2D eigenvalue weighted by molar-refractivity contribution is 6.35. The normalized spacial score (nSPS) is 21.0. The Morgan fingerprint density at radius 3 is 2.59 bits per heavy atom. The third kappa shape index (κ3) is 7.83. The van der Waals surface area contributed by atoms with Crippen LogP contribution in [0.25, 0.3) is 0 Å². The third-order valence-electron chi connectivity index (χ3n) is 8.40. The van der Waals surface area contributed by atoms with Crippen molar-refractivity contribution < 1.29 is 33.8 Å². The second-order valence-electron chi connectivity index (χ2n) is 11.5. The molecule has 0 saturated heterocycles. The molecular formula is C35H38Cl2N2O7. The zero-order valence-electron chi connectivity index (χ0n) is 25.6. The van der Waals surface area contributed by atoms with Gasteiger partial charge in [-0.1, -0.05) is 72.4 Å². The smallest absolute Gasteiger partial charge is 0.305 e. The van der Waals surface area contributed by atoms with Crippen molar-refractivity contribution in [3.63, 3.8) is 0 Å². The number of halogens is 2. The molecule has 0 spiro atoms. The first kappa shape index (κ1) is 33.7. The van der Waals surface area contributed by atoms with Crippen LogP contribution >= 0.6 is 23.2 Å². The largest absolute Gasteiger partial charge is 0.494 e. The van der Waals surface area contributed by atoms with Crippen molar-refractivity contribution in [2.75, 3.05) is 13.2 Å². The molecule has 2 aliphatic rings. The molecule has 0 radical (unpaired) electrons. The Labute approximate surface area is 278 Å². The molecule has 46 heavy (non-hydrogen) atoms. The first-order valence-corrected chi connectivity index (χ1v) is 16.4. The second kappa shape index (κ2) is 15.8. The predicted molar refractivity (Wildman–Crippen MR) is 174 cm³/mol. The summed E-state index contributed by atoms with van der Waals surface area (Å²) in [6.07, 6.45) is 2.93. The van der Waals surface area contributed by atoms with Gasteiger partial charge in [0.25, 0.3) is 11.8 Å². The maximum absolute atomic E-state index is 14.1. The molecule has 9 nitrogen and oxygen atoms in total. The number of rotatable bonds is 12. The van der Waals surface area contributed by atoms with E-state index in [4.69, 9.17) is 37.5 Å². The van der Waals surface area contributed by atoms with Crippen molar-refractivity contribution in [2.24, 2.45) is 0 Å². The van der Waals surface area contributed by atoms with Gasteiger partial charge >= 0.3 is 5.97 Å². The molecule has 244 valence electrons. The van der Waals surface area contributed by atoms with Crippen LogP contribution in [-0.2, 0) is 25.8 Å². The number of aliphatic hydroxyl groups excluding tert-OH is 1. The molecule has 0 aromatic heterocycles. The molecule has 1 heterocycles. The first-order chi connectivity index (χ1) is 22.3. The lowest BCUT2D eigenvalue weighted by Gasteiger charge is -2.48. The summed E-state index contributed by atoms with van der Waals surface area (Å²) in [5, 5.41) is 11.8. The van der Waals surface area contributed by atoms with Crippen LogP contribution < -0.4 is 10.2 Å². The Balaban J connectivity index is 1.36. The molecule has 1 fully saturated rings. The van der Waals surface area contributed by atoms with Crippen LogP contribution in [0.2, 0.25) is 10.0 Å². The Hall–Kier alpha value is -3.63. The molecule has 0 bridgehead atoms. The minimum absolute atomic E-state index is 0.0521. The van der Waals surface area contributed by atoms with Gasteiger partial charge in [0.2, 0.25) is 0 Å². The topological polar surface area (TPSA) is 114 Å². The van der Waals surface area contributed by atoms with E-state index in [1.54, 1.807) is 66.4 Å². The number of nitrogens with one attached hydrogen (secondary N) is 1. The highest BCUT2D eigenvalue weighted by Crippen LogP contribution is 2.47. The van der Waals surface area contributed by atoms with Gasteiger partial charge in [-0.15, -0.1) is 0 Å². The molecule has 0 unspecified atom stereocenters. The van der Waals surface area contributed by atoms with E-state index in [9.17, 15) is 19.5 Å². The summed E-state index contributed by atoms with van der Waals surface area (Å²) in [5.74, 6) is -1.27. The standard InChI is InChI=1S/C35H38Cl2N2O7/c1-2-44-31(41)15-8-18-45-24-10-7-9-22(19-24)21-46-38-34(42)32-25-11-3-4-12-26(25)35(43)39(29-13-5-6-14-30(29)40)33(32)27-17-16-23(36)20-28(27)37/h3-4,7,9-12,16-17,19-20,29-30,32-33,40H,2,5-6,8,13-15,18,21H2,1H3,(H,38,42)/t29-,30-,32+,33-/m0/s1. The van der Waals surface area contributed by atoms with E-state index < -0.39 is 30.0 Å². The predicted octanol–water partition coefficient (Wildman–Crippen LogP) is 6.55. The molecule has 3 aromatic rings. The van der Waals surface area contributed by atoms with Gasteiger partial charge in [-0.25, -0.2) is 5.48 Å². The van der Waals surface area contributed by atoms with Crippen molar-refractivity contribution in [1.29, 1.82) is 0 Å². The summed E-state index contributed by atoms with van der Waals surface area (Å²) in [4.78, 5) is 47.2. The summed E-state index contributed by atoms with van der Waals surface area (Å²) >= 11 is 13.0. The van der Waals surface area contributed by atoms with Crippen LogP contribution in [0.5, 0.6) is 5.75 Å². The minimum Gasteiger partial charge on any atom is -0.494 e. The fourth-order valence-electron chi connectivity index (χ4n) is 6.31. The van der Waals surface area contributed by atoms with E-state index in [-0.39, 0.29) is 24.9 Å². The molecular weight excluding hydrogens is 631 g/mol. The van der Waals surface area contributed by atoms with Crippen LogP contribution in [0.1, 0.15) is 84.5 Å². The SMILES string of the molecule is CCOC(=O)CCCOc1cccc(CONC(=O)[C@@H]2c3ccccc3C(=O)N([C@H]3CCCC[C@@H]3O)[C@H]2c2ccc(Cl)cc2Cl)c1. The fraction of sp³-hybridized carbons (Fsp3) is 0.400. The third-order valence-corrected chi connectivity index (χ3v) is 8.96. The number of benzene rings is 3. The summed E-state index contributed by atoms with van der Waals surface area (Å²) in [5.41, 5.74) is 4.87. The number of ether oxygens (including phenoxy) is 2. The maximum Gasteiger partial charge on any atom is 0.305 e. The van der Waals surface area contributed by atoms with E-state index in [0.717, 1.165) is 18.4 Å². The Morgan fingerprint density at radius 1 is 1.00 bits per heavy atom. The quantitative estimate of drug-likeness (QED) is 0.128. The number of carbonyl (C=O) groups excluding carboxylic acids is 3. The van der Waals surface area contributed by atoms with Gasteiger partial charge in [-0.3, -0.25) is 19.2 Å². The number of amides is 2. The number of hydrogen-bond donors (Lipinski definition) is 2. The number of fused-ring (bicyclic) bond motifs is 1. The lowest BCUT2D eigenvalue weighted by molar-refractivity contribution is -0.143. The van der Waals surface area contributed by atoms with Crippen LogP contribution in [0.15, 0.2) is 66.7 Å². The van der Waals surface area contributed by atoms with Gasteiger partial charge in [0.05, 0.1) is 43.9 Å². The van der Waals surface area contributed by atoms with Gasteiger partial charge < -0.3 is 19.5 Å². The van der Waals surface area contributed by atoms with Crippen molar-refractivity contribution in [1.82, 2.24) is 10.4 Å². The van der Waals surface area contributed by atoms with Gasteiger partial charge in [0, 0.05) is 22.0 Å². The summed E-state index contributed by atoms with van der Waals surface area (Å²) in [6, 6.07) is 18.0. The molecule has 1 saturated carbocycles. The molecule has 3 aromatic carbocycles. The average Bonchev–Trinajstić information content (AvgIpc) is 3.04. The van der Waals surface area contributed by atoms with E-state index in [1.165, 1.54) is 0 Å². The van der Waals surface area contributed by atoms with Crippen LogP contribution in [0, 0.1) is 0 Å². The van der Waals surface area contributed by atoms with E-state index >= 15 is 0 Å². The van der Waals surface area contributed by atoms with E-state index in [0.29, 0.717) is 65.0 Å². The van der Waals surface area contributed by atoms with Gasteiger partial charge in [0.1, 0.15) is 5.75 Å². The van der Waals surface area contributed by atoms with Crippen LogP contribution in [0.4, 0.5) is 0 Å². The van der Waals surface area contributed by atoms with Crippen LogP contribution in [-0.4, -0.2) is 53.1 Å². The monoisotopic (exact) mass is 668 g/mol. The van der Waals surface area contributed by atoms with Crippen molar-refractivity contribution in [3.05, 3.63) is 99.0 Å². The van der Waals surface area contributed by atoms with E-state index in [1.807, 2.05) is 12.1 Å². The Kier molecular flexibility index (Phi) is 11.6. The molecule has 11 heteroatoms. The number of esters is 1. The van der Waals surface area contributed by atoms with Crippen molar-refractivity contribution in [2.45, 2.75) is 76.2 Å². The summed E-state index contributed by atoms with van der Waals surface area (Å²) in [6.45, 7) is 2.52. The molecule has 1 aliphatic carbocycles. The summed E-state index contributed by atoms with van der Waals surface area (Å²) in [7, 11) is 0. The first-order valence-electron chi connectivity index (χ1n) is 15.6. The number of hydrogen-bond acceptors (Lipinski definition) is 7. The zero-order chi connectivity index (χ0) is 32.6. The molecule has 4 atom stereocenters. The van der Waals surface area contributed by atoms with Crippen LogP contribution in [0.3, 0.4) is 0 Å². The molecule has 2 N–H and O–H groups in total. The molecule has 2 amide bonds. The minimum atomic E-state index is -0.893. The fourth-order valence-corrected chi connectivity index (χ4v) is 6.83. The highest BCUT2D eigenvalue weighted by Gasteiger charge is 2.49. The molecule has 1 aliphatic heterocycles. The van der Waals surface area contributed by atoms with E-state index in [2.05, 4.69) is 5.48 Å². The van der Waals surface area contributed by atoms with Crippen molar-refractivity contribution >= 4 is 41.0 Å². The Bertz CT molecular complexity index is 1550. The average molecular weight is 670 g/mol. The lowest BCUT2D eigenvalue weighted by atomic mass is 9.77. The molecule has 5 rings (SSSR count). The number of aliphatic hydroxyl groups is 1. The second-order valence-corrected chi connectivity index (χ2v) is 12.3. The van der Waals surface area contributed by atoms with Gasteiger partial charge in [-0.05, 0) is 73.2 Å². The van der Waals surface area contributed by atoms with Crippen molar-refractivity contribution in [3.8, 4) is 5.75 Å². The van der Waals surface area contributed by atoms with Gasteiger partial charge in [-0.2, -0.15) is 0 Å². The highest BCUT2D eigenvalue weighted by atomic mass is 35.5. The van der Waals surface area contributed by atoms with Gasteiger partial charge in [0.15, 0.2) is 0 Å². The zero-order valence-corrected chi connectivity index (χ0v) is 27.1. The number of nitrogens with zero attached hydrogens (tertiary/aromatic N) is 1. The summed E-state index contributed by atoms with van der Waals surface area (Å²) < 4.78 is 10.7. The number of hydroxylamine groups is 1.